The zero-order chi connectivity index (χ0) is 14.8. The summed E-state index contributed by atoms with van der Waals surface area (Å²) in [6.07, 6.45) is 5.53. The highest BCUT2D eigenvalue weighted by Crippen LogP contribution is 2.41. The van der Waals surface area contributed by atoms with E-state index in [0.29, 0.717) is 17.6 Å². The molecule has 2 rings (SSSR count). The Bertz CT molecular complexity index is 301. The summed E-state index contributed by atoms with van der Waals surface area (Å²) >= 11 is 0. The maximum Gasteiger partial charge on any atom is 0.0309 e. The molecule has 3 nitrogen and oxygen atoms in total. The largest absolute Gasteiger partial charge is 0.308 e. The molecular weight excluding hydrogens is 246 g/mol. The molecule has 0 aromatic rings. The van der Waals surface area contributed by atoms with Gasteiger partial charge in [0.05, 0.1) is 0 Å². The SMILES string of the molecule is CC(C)N(C)CCCCN1CC(C)(C2CC2)NCC1C. The van der Waals surface area contributed by atoms with E-state index in [9.17, 15) is 0 Å². The van der Waals surface area contributed by atoms with Crippen LogP contribution in [-0.4, -0.2) is 60.6 Å². The van der Waals surface area contributed by atoms with Crippen LogP contribution in [0, 0.1) is 5.92 Å². The van der Waals surface area contributed by atoms with Crippen LogP contribution in [-0.2, 0) is 0 Å². The summed E-state index contributed by atoms with van der Waals surface area (Å²) in [5.41, 5.74) is 0.390. The van der Waals surface area contributed by atoms with Gasteiger partial charge in [0.2, 0.25) is 0 Å². The van der Waals surface area contributed by atoms with Gasteiger partial charge in [-0.2, -0.15) is 0 Å². The van der Waals surface area contributed by atoms with E-state index in [1.54, 1.807) is 0 Å². The van der Waals surface area contributed by atoms with Crippen LogP contribution in [0.25, 0.3) is 0 Å². The number of unbranched alkanes of at least 4 members (excludes halogenated alkanes) is 1. The average Bonchev–Trinajstić information content (AvgIpc) is 3.23. The first kappa shape index (κ1) is 16.3. The Kier molecular flexibility index (Phi) is 5.49. The van der Waals surface area contributed by atoms with Crippen LogP contribution in [0.3, 0.4) is 0 Å². The molecule has 2 fully saturated rings. The van der Waals surface area contributed by atoms with Crippen molar-refractivity contribution in [2.45, 2.75) is 71.0 Å². The summed E-state index contributed by atoms with van der Waals surface area (Å²) in [4.78, 5) is 5.18. The van der Waals surface area contributed by atoms with Gasteiger partial charge in [-0.1, -0.05) is 0 Å². The van der Waals surface area contributed by atoms with Gasteiger partial charge in [0, 0.05) is 30.7 Å². The van der Waals surface area contributed by atoms with Gasteiger partial charge in [0.15, 0.2) is 0 Å². The fourth-order valence-electron chi connectivity index (χ4n) is 3.37. The first-order valence-corrected chi connectivity index (χ1v) is 8.61. The maximum atomic E-state index is 3.81. The molecule has 1 saturated heterocycles. The van der Waals surface area contributed by atoms with Crippen LogP contribution in [0.1, 0.15) is 53.4 Å². The van der Waals surface area contributed by atoms with Crippen molar-refractivity contribution in [3.63, 3.8) is 0 Å². The Morgan fingerprint density at radius 3 is 2.60 bits per heavy atom. The molecule has 2 aliphatic rings. The van der Waals surface area contributed by atoms with E-state index in [1.807, 2.05) is 0 Å². The maximum absolute atomic E-state index is 3.81. The lowest BCUT2D eigenvalue weighted by Crippen LogP contribution is -2.63. The van der Waals surface area contributed by atoms with Crippen LogP contribution in [0.4, 0.5) is 0 Å². The molecule has 1 aliphatic carbocycles. The molecule has 1 aliphatic heterocycles. The topological polar surface area (TPSA) is 18.5 Å². The minimum Gasteiger partial charge on any atom is -0.308 e. The number of nitrogens with one attached hydrogen (secondary N) is 1. The Morgan fingerprint density at radius 2 is 2.00 bits per heavy atom. The number of hydrogen-bond donors (Lipinski definition) is 1. The van der Waals surface area contributed by atoms with Crippen LogP contribution >= 0.6 is 0 Å². The van der Waals surface area contributed by atoms with Crippen molar-refractivity contribution < 1.29 is 0 Å². The molecule has 2 atom stereocenters. The van der Waals surface area contributed by atoms with Gasteiger partial charge in [-0.25, -0.2) is 0 Å². The highest BCUT2D eigenvalue weighted by atomic mass is 15.3. The van der Waals surface area contributed by atoms with Gasteiger partial charge in [0.1, 0.15) is 0 Å². The predicted octanol–water partition coefficient (Wildman–Crippen LogP) is 2.57. The summed E-state index contributed by atoms with van der Waals surface area (Å²) in [7, 11) is 2.24. The number of rotatable bonds is 7. The van der Waals surface area contributed by atoms with E-state index < -0.39 is 0 Å². The minimum atomic E-state index is 0.390. The van der Waals surface area contributed by atoms with E-state index in [4.69, 9.17) is 0 Å². The molecule has 2 unspecified atom stereocenters. The first-order chi connectivity index (χ1) is 9.42. The van der Waals surface area contributed by atoms with Crippen LogP contribution in [0.5, 0.6) is 0 Å². The monoisotopic (exact) mass is 281 g/mol. The van der Waals surface area contributed by atoms with Crippen molar-refractivity contribution in [3.05, 3.63) is 0 Å². The third-order valence-corrected chi connectivity index (χ3v) is 5.52. The minimum absolute atomic E-state index is 0.390. The van der Waals surface area contributed by atoms with Gasteiger partial charge in [-0.3, -0.25) is 4.90 Å². The predicted molar refractivity (Wildman–Crippen MR) is 87.2 cm³/mol. The van der Waals surface area contributed by atoms with E-state index in [-0.39, 0.29) is 0 Å². The third kappa shape index (κ3) is 4.19. The Balaban J connectivity index is 1.70. The van der Waals surface area contributed by atoms with Crippen molar-refractivity contribution in [1.82, 2.24) is 15.1 Å². The molecule has 0 bridgehead atoms. The van der Waals surface area contributed by atoms with E-state index in [2.05, 4.69) is 49.9 Å². The van der Waals surface area contributed by atoms with E-state index in [1.165, 1.54) is 51.9 Å². The highest BCUT2D eigenvalue weighted by molar-refractivity contribution is 5.03. The molecule has 1 N–H and O–H groups in total. The standard InChI is InChI=1S/C17H35N3/c1-14(2)19(5)10-6-7-11-20-13-17(4,16-8-9-16)18-12-15(20)3/h14-16,18H,6-13H2,1-5H3. The van der Waals surface area contributed by atoms with Crippen LogP contribution in [0.15, 0.2) is 0 Å². The van der Waals surface area contributed by atoms with E-state index >= 15 is 0 Å². The molecule has 0 spiro atoms. The summed E-state index contributed by atoms with van der Waals surface area (Å²) < 4.78 is 0. The number of hydrogen-bond acceptors (Lipinski definition) is 3. The quantitative estimate of drug-likeness (QED) is 0.724. The summed E-state index contributed by atoms with van der Waals surface area (Å²) in [6, 6.07) is 1.37. The summed E-state index contributed by atoms with van der Waals surface area (Å²) in [6.45, 7) is 14.3. The van der Waals surface area contributed by atoms with Crippen molar-refractivity contribution in [1.29, 1.82) is 0 Å². The van der Waals surface area contributed by atoms with Crippen molar-refractivity contribution in [2.75, 3.05) is 33.2 Å². The zero-order valence-corrected chi connectivity index (χ0v) is 14.3. The third-order valence-electron chi connectivity index (χ3n) is 5.52. The van der Waals surface area contributed by atoms with Crippen molar-refractivity contribution in [3.8, 4) is 0 Å². The lowest BCUT2D eigenvalue weighted by atomic mass is 9.91. The molecule has 0 aromatic heterocycles. The smallest absolute Gasteiger partial charge is 0.0309 e. The highest BCUT2D eigenvalue weighted by Gasteiger charge is 2.44. The fourth-order valence-corrected chi connectivity index (χ4v) is 3.37. The van der Waals surface area contributed by atoms with Gasteiger partial charge >= 0.3 is 0 Å². The molecule has 0 radical (unpaired) electrons. The summed E-state index contributed by atoms with van der Waals surface area (Å²) in [5.74, 6) is 0.935. The molecule has 118 valence electrons. The molecular formula is C17H35N3. The second-order valence-corrected chi connectivity index (χ2v) is 7.67. The molecule has 0 aromatic carbocycles. The fraction of sp³-hybridized carbons (Fsp3) is 1.00. The van der Waals surface area contributed by atoms with Crippen molar-refractivity contribution in [2.24, 2.45) is 5.92 Å². The molecule has 1 heterocycles. The molecule has 3 heteroatoms. The normalized spacial score (nSPS) is 32.2. The van der Waals surface area contributed by atoms with Crippen LogP contribution < -0.4 is 5.32 Å². The zero-order valence-electron chi connectivity index (χ0n) is 14.3. The van der Waals surface area contributed by atoms with Gasteiger partial charge in [-0.05, 0) is 79.4 Å². The van der Waals surface area contributed by atoms with Gasteiger partial charge in [-0.15, -0.1) is 0 Å². The first-order valence-electron chi connectivity index (χ1n) is 8.61. The number of nitrogens with zero attached hydrogens (tertiary/aromatic N) is 2. The Hall–Kier alpha value is -0.120. The second kappa shape index (κ2) is 6.76. The lowest BCUT2D eigenvalue weighted by Gasteiger charge is -2.45. The second-order valence-electron chi connectivity index (χ2n) is 7.67. The van der Waals surface area contributed by atoms with Crippen molar-refractivity contribution >= 4 is 0 Å². The number of piperazine rings is 1. The molecule has 20 heavy (non-hydrogen) atoms. The molecule has 0 amide bonds. The van der Waals surface area contributed by atoms with Gasteiger partial charge in [0.25, 0.3) is 0 Å². The van der Waals surface area contributed by atoms with E-state index in [0.717, 1.165) is 5.92 Å². The Labute approximate surface area is 126 Å². The Morgan fingerprint density at radius 1 is 1.30 bits per heavy atom. The van der Waals surface area contributed by atoms with Gasteiger partial charge < -0.3 is 10.2 Å². The average molecular weight is 281 g/mol. The molecule has 1 saturated carbocycles. The summed E-state index contributed by atoms with van der Waals surface area (Å²) in [5, 5.41) is 3.81. The van der Waals surface area contributed by atoms with Crippen LogP contribution in [0.2, 0.25) is 0 Å². The lowest BCUT2D eigenvalue weighted by molar-refractivity contribution is 0.0809.